The van der Waals surface area contributed by atoms with Gasteiger partial charge in [-0.2, -0.15) is 0 Å². The lowest BCUT2D eigenvalue weighted by molar-refractivity contribution is 0.380. The van der Waals surface area contributed by atoms with Crippen LogP contribution in [0, 0.1) is 10.7 Å². The SMILES string of the molecule is CC(=Nc1ccccc1C(C)C)c1c(O)n(CC(C)C)c(=S)[nH]c1=O. The van der Waals surface area contributed by atoms with Crippen molar-refractivity contribution in [1.29, 1.82) is 0 Å². The smallest absolute Gasteiger partial charge is 0.264 e. The van der Waals surface area contributed by atoms with Crippen molar-refractivity contribution >= 4 is 23.6 Å². The van der Waals surface area contributed by atoms with E-state index in [9.17, 15) is 9.90 Å². The van der Waals surface area contributed by atoms with Crippen molar-refractivity contribution < 1.29 is 5.11 Å². The summed E-state index contributed by atoms with van der Waals surface area (Å²) >= 11 is 5.18. The third kappa shape index (κ3) is 4.25. The Kier molecular flexibility index (Phi) is 5.95. The Morgan fingerprint density at radius 2 is 1.92 bits per heavy atom. The molecular weight excluding hydrogens is 334 g/mol. The van der Waals surface area contributed by atoms with Crippen molar-refractivity contribution in [3.8, 4) is 5.88 Å². The van der Waals surface area contributed by atoms with E-state index in [2.05, 4.69) is 23.8 Å². The Labute approximate surface area is 153 Å². The fraction of sp³-hybridized carbons (Fsp3) is 0.421. The fourth-order valence-corrected chi connectivity index (χ4v) is 2.99. The van der Waals surface area contributed by atoms with Gasteiger partial charge in [-0.25, -0.2) is 0 Å². The molecule has 5 nitrogen and oxygen atoms in total. The van der Waals surface area contributed by atoms with E-state index in [0.717, 1.165) is 11.3 Å². The van der Waals surface area contributed by atoms with E-state index >= 15 is 0 Å². The van der Waals surface area contributed by atoms with E-state index in [0.29, 0.717) is 18.2 Å². The van der Waals surface area contributed by atoms with Gasteiger partial charge in [0.1, 0.15) is 5.56 Å². The largest absolute Gasteiger partial charge is 0.494 e. The first-order valence-corrected chi connectivity index (χ1v) is 8.83. The number of H-pyrrole nitrogens is 1. The van der Waals surface area contributed by atoms with Crippen molar-refractivity contribution in [2.75, 3.05) is 0 Å². The van der Waals surface area contributed by atoms with E-state index in [-0.39, 0.29) is 22.1 Å². The average molecular weight is 359 g/mol. The Balaban J connectivity index is 2.62. The first kappa shape index (κ1) is 19.1. The number of hydrogen-bond donors (Lipinski definition) is 2. The summed E-state index contributed by atoms with van der Waals surface area (Å²) in [7, 11) is 0. The van der Waals surface area contributed by atoms with Crippen molar-refractivity contribution in [3.05, 3.63) is 50.5 Å². The molecule has 0 spiro atoms. The molecule has 2 N–H and O–H groups in total. The minimum Gasteiger partial charge on any atom is -0.494 e. The minimum absolute atomic E-state index is 0.134. The monoisotopic (exact) mass is 359 g/mol. The van der Waals surface area contributed by atoms with Crippen molar-refractivity contribution in [3.63, 3.8) is 0 Å². The maximum atomic E-state index is 12.4. The van der Waals surface area contributed by atoms with Crippen LogP contribution in [0.1, 0.15) is 51.7 Å². The quantitative estimate of drug-likeness (QED) is 0.608. The van der Waals surface area contributed by atoms with Crippen LogP contribution in [0.5, 0.6) is 5.88 Å². The first-order valence-electron chi connectivity index (χ1n) is 8.43. The number of para-hydroxylation sites is 1. The molecule has 0 atom stereocenters. The highest BCUT2D eigenvalue weighted by atomic mass is 32.1. The highest BCUT2D eigenvalue weighted by Crippen LogP contribution is 2.27. The van der Waals surface area contributed by atoms with Crippen LogP contribution in [0.15, 0.2) is 34.1 Å². The molecule has 6 heteroatoms. The number of rotatable bonds is 5. The van der Waals surface area contributed by atoms with Gasteiger partial charge in [0.15, 0.2) is 4.77 Å². The van der Waals surface area contributed by atoms with Gasteiger partial charge < -0.3 is 5.11 Å². The Morgan fingerprint density at radius 1 is 1.28 bits per heavy atom. The van der Waals surface area contributed by atoms with Gasteiger partial charge in [0, 0.05) is 6.54 Å². The predicted octanol–water partition coefficient (Wildman–Crippen LogP) is 4.53. The van der Waals surface area contributed by atoms with Gasteiger partial charge in [-0.05, 0) is 42.6 Å². The molecule has 0 fully saturated rings. The number of nitrogens with one attached hydrogen (secondary N) is 1. The van der Waals surface area contributed by atoms with Gasteiger partial charge >= 0.3 is 0 Å². The third-order valence-electron chi connectivity index (χ3n) is 3.93. The zero-order chi connectivity index (χ0) is 18.7. The molecule has 134 valence electrons. The molecule has 0 saturated heterocycles. The third-order valence-corrected chi connectivity index (χ3v) is 4.25. The lowest BCUT2D eigenvalue weighted by atomic mass is 10.0. The van der Waals surface area contributed by atoms with Crippen LogP contribution >= 0.6 is 12.2 Å². The van der Waals surface area contributed by atoms with Crippen LogP contribution in [-0.2, 0) is 6.54 Å². The molecule has 0 bridgehead atoms. The maximum absolute atomic E-state index is 12.4. The lowest BCUT2D eigenvalue weighted by Crippen LogP contribution is -2.23. The highest BCUT2D eigenvalue weighted by molar-refractivity contribution is 7.71. The zero-order valence-corrected chi connectivity index (χ0v) is 16.1. The van der Waals surface area contributed by atoms with E-state index in [1.54, 1.807) is 11.5 Å². The Hall–Kier alpha value is -2.21. The predicted molar refractivity (Wildman–Crippen MR) is 105 cm³/mol. The number of aromatic amines is 1. The molecule has 0 aliphatic rings. The summed E-state index contributed by atoms with van der Waals surface area (Å²) in [5.74, 6) is 0.446. The molecule has 0 radical (unpaired) electrons. The molecule has 2 aromatic rings. The Bertz CT molecular complexity index is 908. The van der Waals surface area contributed by atoms with Gasteiger partial charge in [0.25, 0.3) is 5.56 Å². The zero-order valence-electron chi connectivity index (χ0n) is 15.3. The highest BCUT2D eigenvalue weighted by Gasteiger charge is 2.17. The Morgan fingerprint density at radius 3 is 2.52 bits per heavy atom. The molecule has 1 aromatic heterocycles. The van der Waals surface area contributed by atoms with E-state index in [1.165, 1.54) is 0 Å². The van der Waals surface area contributed by atoms with Gasteiger partial charge in [-0.15, -0.1) is 0 Å². The van der Waals surface area contributed by atoms with Crippen LogP contribution in [0.25, 0.3) is 0 Å². The lowest BCUT2D eigenvalue weighted by Gasteiger charge is -2.15. The topological polar surface area (TPSA) is 70.4 Å². The number of aliphatic imine (C=N–C) groups is 1. The summed E-state index contributed by atoms with van der Waals surface area (Å²) in [6.07, 6.45) is 0. The van der Waals surface area contributed by atoms with Crippen LogP contribution in [0.3, 0.4) is 0 Å². The molecule has 1 aromatic carbocycles. The standard InChI is InChI=1S/C19H25N3O2S/c1-11(2)10-22-18(24)16(17(23)21-19(22)25)13(5)20-15-9-7-6-8-14(15)12(3)4/h6-9,11-12,24H,10H2,1-5H3,(H,21,23,25). The van der Waals surface area contributed by atoms with Gasteiger partial charge in [0.2, 0.25) is 5.88 Å². The maximum Gasteiger partial charge on any atom is 0.264 e. The number of hydrogen-bond acceptors (Lipinski definition) is 4. The summed E-state index contributed by atoms with van der Waals surface area (Å²) in [5.41, 5.74) is 2.08. The summed E-state index contributed by atoms with van der Waals surface area (Å²) in [4.78, 5) is 19.6. The van der Waals surface area contributed by atoms with E-state index in [4.69, 9.17) is 12.2 Å². The van der Waals surface area contributed by atoms with E-state index in [1.807, 2.05) is 38.1 Å². The van der Waals surface area contributed by atoms with Gasteiger partial charge in [-0.3, -0.25) is 19.3 Å². The first-order chi connectivity index (χ1) is 11.7. The fourth-order valence-electron chi connectivity index (χ4n) is 2.73. The summed E-state index contributed by atoms with van der Waals surface area (Å²) < 4.78 is 1.76. The van der Waals surface area contributed by atoms with E-state index < -0.39 is 5.56 Å². The summed E-state index contributed by atoms with van der Waals surface area (Å²) in [6.45, 7) is 10.5. The van der Waals surface area contributed by atoms with Crippen molar-refractivity contribution in [2.45, 2.75) is 47.1 Å². The number of nitrogens with zero attached hydrogens (tertiary/aromatic N) is 2. The molecule has 0 amide bonds. The number of benzene rings is 1. The van der Waals surface area contributed by atoms with Gasteiger partial charge in [0.05, 0.1) is 11.4 Å². The molecule has 0 saturated carbocycles. The molecule has 0 aliphatic heterocycles. The number of aromatic hydroxyl groups is 1. The number of aromatic nitrogens is 2. The molecule has 0 unspecified atom stereocenters. The summed E-state index contributed by atoms with van der Waals surface area (Å²) in [5, 5.41) is 10.6. The minimum atomic E-state index is -0.425. The van der Waals surface area contributed by atoms with Crippen molar-refractivity contribution in [2.24, 2.45) is 10.9 Å². The van der Waals surface area contributed by atoms with Gasteiger partial charge in [-0.1, -0.05) is 45.9 Å². The average Bonchev–Trinajstić information content (AvgIpc) is 2.51. The molecule has 1 heterocycles. The van der Waals surface area contributed by atoms with Crippen LogP contribution in [0.4, 0.5) is 5.69 Å². The second-order valence-corrected chi connectivity index (χ2v) is 7.26. The normalized spacial score (nSPS) is 12.2. The van der Waals surface area contributed by atoms with Crippen molar-refractivity contribution in [1.82, 2.24) is 9.55 Å². The summed E-state index contributed by atoms with van der Waals surface area (Å²) in [6, 6.07) is 7.81. The van der Waals surface area contributed by atoms with Crippen LogP contribution < -0.4 is 5.56 Å². The molecular formula is C19H25N3O2S. The van der Waals surface area contributed by atoms with Crippen LogP contribution in [-0.4, -0.2) is 20.4 Å². The molecule has 2 rings (SSSR count). The molecule has 25 heavy (non-hydrogen) atoms. The molecule has 0 aliphatic carbocycles. The second kappa shape index (κ2) is 7.78. The van der Waals surface area contributed by atoms with Crippen LogP contribution in [0.2, 0.25) is 0 Å². The second-order valence-electron chi connectivity index (χ2n) is 6.87.